The molecule has 0 aliphatic rings. The lowest BCUT2D eigenvalue weighted by molar-refractivity contribution is 0.134. The third kappa shape index (κ3) is 1.86. The van der Waals surface area contributed by atoms with E-state index in [4.69, 9.17) is 5.26 Å². The number of halogens is 2. The van der Waals surface area contributed by atoms with Gasteiger partial charge in [-0.15, -0.1) is 0 Å². The van der Waals surface area contributed by atoms with Gasteiger partial charge in [0.2, 0.25) is 0 Å². The van der Waals surface area contributed by atoms with Crippen molar-refractivity contribution in [1.82, 2.24) is 9.55 Å². The number of hydrogen-bond donors (Lipinski definition) is 0. The second-order valence-electron chi connectivity index (χ2n) is 4.05. The SMILES string of the molecule is CC(C)n1c(C(F)F)nc2cc(C#N)ccc21. The van der Waals surface area contributed by atoms with E-state index in [0.29, 0.717) is 16.6 Å². The summed E-state index contributed by atoms with van der Waals surface area (Å²) in [6.45, 7) is 3.65. The van der Waals surface area contributed by atoms with Crippen molar-refractivity contribution >= 4 is 11.0 Å². The lowest BCUT2D eigenvalue weighted by Crippen LogP contribution is -2.06. The van der Waals surface area contributed by atoms with Crippen LogP contribution in [0.15, 0.2) is 18.2 Å². The van der Waals surface area contributed by atoms with Crippen molar-refractivity contribution in [3.8, 4) is 6.07 Å². The summed E-state index contributed by atoms with van der Waals surface area (Å²) in [7, 11) is 0. The van der Waals surface area contributed by atoms with Crippen molar-refractivity contribution < 1.29 is 8.78 Å². The number of hydrogen-bond acceptors (Lipinski definition) is 2. The number of fused-ring (bicyclic) bond motifs is 1. The number of imidazole rings is 1. The van der Waals surface area contributed by atoms with E-state index in [2.05, 4.69) is 4.98 Å². The average Bonchev–Trinajstić information content (AvgIpc) is 2.66. The molecular weight excluding hydrogens is 224 g/mol. The van der Waals surface area contributed by atoms with Gasteiger partial charge in [-0.1, -0.05) is 0 Å². The molecule has 0 aliphatic carbocycles. The maximum absolute atomic E-state index is 12.9. The minimum atomic E-state index is -2.62. The highest BCUT2D eigenvalue weighted by Gasteiger charge is 2.20. The van der Waals surface area contributed by atoms with Gasteiger partial charge >= 0.3 is 0 Å². The van der Waals surface area contributed by atoms with Crippen LogP contribution in [0.2, 0.25) is 0 Å². The van der Waals surface area contributed by atoms with Crippen LogP contribution < -0.4 is 0 Å². The predicted molar refractivity (Wildman–Crippen MR) is 59.8 cm³/mol. The summed E-state index contributed by atoms with van der Waals surface area (Å²) < 4.78 is 27.2. The standard InChI is InChI=1S/C12H11F2N3/c1-7(2)17-10-4-3-8(6-15)5-9(10)16-12(17)11(13)14/h3-5,7,11H,1-2H3. The van der Waals surface area contributed by atoms with Gasteiger partial charge < -0.3 is 4.57 Å². The van der Waals surface area contributed by atoms with E-state index < -0.39 is 6.43 Å². The molecule has 0 aliphatic heterocycles. The fraction of sp³-hybridized carbons (Fsp3) is 0.333. The molecule has 0 radical (unpaired) electrons. The molecule has 0 bridgehead atoms. The lowest BCUT2D eigenvalue weighted by Gasteiger charge is -2.12. The van der Waals surface area contributed by atoms with Crippen LogP contribution in [0.5, 0.6) is 0 Å². The molecule has 1 aromatic heterocycles. The molecule has 0 unspecified atom stereocenters. The molecule has 17 heavy (non-hydrogen) atoms. The average molecular weight is 235 g/mol. The van der Waals surface area contributed by atoms with Crippen LogP contribution in [0.1, 0.15) is 37.7 Å². The first-order valence-electron chi connectivity index (χ1n) is 5.24. The summed E-state index contributed by atoms with van der Waals surface area (Å²) >= 11 is 0. The molecule has 0 N–H and O–H groups in total. The first-order valence-corrected chi connectivity index (χ1v) is 5.24. The van der Waals surface area contributed by atoms with Crippen LogP contribution in [0.25, 0.3) is 11.0 Å². The second-order valence-corrected chi connectivity index (χ2v) is 4.05. The van der Waals surface area contributed by atoms with Crippen LogP contribution in [0.3, 0.4) is 0 Å². The molecular formula is C12H11F2N3. The van der Waals surface area contributed by atoms with Crippen LogP contribution >= 0.6 is 0 Å². The van der Waals surface area contributed by atoms with Crippen LogP contribution in [0.4, 0.5) is 8.78 Å². The fourth-order valence-corrected chi connectivity index (χ4v) is 1.88. The maximum Gasteiger partial charge on any atom is 0.295 e. The van der Waals surface area contributed by atoms with Crippen molar-refractivity contribution in [2.45, 2.75) is 26.3 Å². The summed E-state index contributed by atoms with van der Waals surface area (Å²) in [5, 5.41) is 8.76. The molecule has 1 aromatic carbocycles. The normalized spacial score (nSPS) is 11.4. The Morgan fingerprint density at radius 3 is 2.59 bits per heavy atom. The molecule has 0 saturated carbocycles. The minimum Gasteiger partial charge on any atom is -0.321 e. The Morgan fingerprint density at radius 1 is 1.35 bits per heavy atom. The number of aromatic nitrogens is 2. The zero-order valence-electron chi connectivity index (χ0n) is 9.48. The van der Waals surface area contributed by atoms with Crippen molar-refractivity contribution in [2.75, 3.05) is 0 Å². The maximum atomic E-state index is 12.9. The molecule has 3 nitrogen and oxygen atoms in total. The van der Waals surface area contributed by atoms with E-state index in [9.17, 15) is 8.78 Å². The van der Waals surface area contributed by atoms with Crippen LogP contribution in [-0.2, 0) is 0 Å². The topological polar surface area (TPSA) is 41.6 Å². The fourth-order valence-electron chi connectivity index (χ4n) is 1.88. The van der Waals surface area contributed by atoms with E-state index in [1.807, 2.05) is 19.9 Å². The molecule has 0 saturated heterocycles. The Labute approximate surface area is 97.3 Å². The zero-order chi connectivity index (χ0) is 12.6. The first kappa shape index (κ1) is 11.5. The number of nitrogens with zero attached hydrogens (tertiary/aromatic N) is 3. The predicted octanol–water partition coefficient (Wildman–Crippen LogP) is 3.43. The molecule has 0 amide bonds. The van der Waals surface area contributed by atoms with Gasteiger partial charge in [0.1, 0.15) is 0 Å². The van der Waals surface area contributed by atoms with Gasteiger partial charge in [0.15, 0.2) is 5.82 Å². The number of rotatable bonds is 2. The first-order chi connectivity index (χ1) is 8.04. The van der Waals surface area contributed by atoms with Gasteiger partial charge in [-0.05, 0) is 32.0 Å². The number of benzene rings is 1. The summed E-state index contributed by atoms with van der Waals surface area (Å²) in [6, 6.07) is 6.67. The van der Waals surface area contributed by atoms with Gasteiger partial charge in [-0.25, -0.2) is 13.8 Å². The minimum absolute atomic E-state index is 0.100. The van der Waals surface area contributed by atoms with Gasteiger partial charge in [0, 0.05) is 6.04 Å². The lowest BCUT2D eigenvalue weighted by atomic mass is 10.2. The molecule has 2 rings (SSSR count). The quantitative estimate of drug-likeness (QED) is 0.800. The molecule has 2 aromatic rings. The van der Waals surface area contributed by atoms with E-state index in [1.54, 1.807) is 12.1 Å². The molecule has 88 valence electrons. The Balaban J connectivity index is 2.75. The monoisotopic (exact) mass is 235 g/mol. The largest absolute Gasteiger partial charge is 0.321 e. The Morgan fingerprint density at radius 2 is 2.06 bits per heavy atom. The summed E-state index contributed by atoms with van der Waals surface area (Å²) in [6.07, 6.45) is -2.62. The van der Waals surface area contributed by atoms with Crippen LogP contribution in [-0.4, -0.2) is 9.55 Å². The van der Waals surface area contributed by atoms with E-state index >= 15 is 0 Å². The zero-order valence-corrected chi connectivity index (χ0v) is 9.48. The third-order valence-corrected chi connectivity index (χ3v) is 2.56. The summed E-state index contributed by atoms with van der Waals surface area (Å²) in [5.74, 6) is -0.245. The van der Waals surface area contributed by atoms with Crippen molar-refractivity contribution in [3.63, 3.8) is 0 Å². The van der Waals surface area contributed by atoms with E-state index in [1.165, 1.54) is 10.6 Å². The van der Waals surface area contributed by atoms with E-state index in [-0.39, 0.29) is 11.9 Å². The molecule has 5 heteroatoms. The Bertz CT molecular complexity index is 594. The molecule has 0 spiro atoms. The van der Waals surface area contributed by atoms with Crippen molar-refractivity contribution in [2.24, 2.45) is 0 Å². The van der Waals surface area contributed by atoms with Crippen molar-refractivity contribution in [3.05, 3.63) is 29.6 Å². The van der Waals surface area contributed by atoms with Crippen LogP contribution in [0, 0.1) is 11.3 Å². The Hall–Kier alpha value is -1.96. The Kier molecular flexibility index (Phi) is 2.80. The van der Waals surface area contributed by atoms with E-state index in [0.717, 1.165) is 0 Å². The number of alkyl halides is 2. The molecule has 0 atom stereocenters. The second kappa shape index (κ2) is 4.13. The smallest absolute Gasteiger partial charge is 0.295 e. The van der Waals surface area contributed by atoms with Gasteiger partial charge in [-0.3, -0.25) is 0 Å². The van der Waals surface area contributed by atoms with Crippen molar-refractivity contribution in [1.29, 1.82) is 5.26 Å². The summed E-state index contributed by atoms with van der Waals surface area (Å²) in [5.41, 5.74) is 1.49. The summed E-state index contributed by atoms with van der Waals surface area (Å²) in [4.78, 5) is 3.90. The number of nitriles is 1. The highest BCUT2D eigenvalue weighted by atomic mass is 19.3. The van der Waals surface area contributed by atoms with Gasteiger partial charge in [-0.2, -0.15) is 5.26 Å². The highest BCUT2D eigenvalue weighted by Crippen LogP contribution is 2.27. The molecule has 1 heterocycles. The highest BCUT2D eigenvalue weighted by molar-refractivity contribution is 5.78. The third-order valence-electron chi connectivity index (χ3n) is 2.56. The molecule has 0 fully saturated rings. The van der Waals surface area contributed by atoms with Gasteiger partial charge in [0.25, 0.3) is 6.43 Å². The van der Waals surface area contributed by atoms with Gasteiger partial charge in [0.05, 0.1) is 22.7 Å².